The third-order valence-electron chi connectivity index (χ3n) is 2.82. The molecule has 0 atom stereocenters. The molecule has 1 heterocycles. The van der Waals surface area contributed by atoms with Crippen molar-refractivity contribution in [1.29, 1.82) is 10.5 Å². The number of nitriles is 2. The summed E-state index contributed by atoms with van der Waals surface area (Å²) >= 11 is 1.11. The van der Waals surface area contributed by atoms with Crippen molar-refractivity contribution in [2.45, 2.75) is 0 Å². The molecule has 0 bridgehead atoms. The Morgan fingerprint density at radius 2 is 1.86 bits per heavy atom. The van der Waals surface area contributed by atoms with E-state index in [0.717, 1.165) is 22.6 Å². The van der Waals surface area contributed by atoms with Gasteiger partial charge in [-0.15, -0.1) is 11.3 Å². The van der Waals surface area contributed by atoms with Crippen LogP contribution in [0.25, 0.3) is 11.6 Å². The predicted octanol–water partition coefficient (Wildman–Crippen LogP) is 0.529. The number of nitrogens with zero attached hydrogens (tertiary/aromatic N) is 3. The van der Waals surface area contributed by atoms with Crippen molar-refractivity contribution in [3.8, 4) is 12.1 Å². The Morgan fingerprint density at radius 3 is 2.38 bits per heavy atom. The lowest BCUT2D eigenvalue weighted by Crippen LogP contribution is -2.20. The molecule has 0 saturated heterocycles. The number of hydrogen-bond donors (Lipinski definition) is 1. The van der Waals surface area contributed by atoms with Crippen molar-refractivity contribution < 1.29 is 0 Å². The van der Waals surface area contributed by atoms with Gasteiger partial charge in [-0.1, -0.05) is 12.1 Å². The van der Waals surface area contributed by atoms with Gasteiger partial charge in [0.25, 0.3) is 5.56 Å². The molecule has 1 aromatic carbocycles. The molecule has 2 aromatic rings. The predicted molar refractivity (Wildman–Crippen MR) is 83.2 cm³/mol. The molecule has 0 aliphatic rings. The van der Waals surface area contributed by atoms with Crippen LogP contribution in [0.5, 0.6) is 0 Å². The van der Waals surface area contributed by atoms with E-state index in [2.05, 4.69) is 4.98 Å². The van der Waals surface area contributed by atoms with Crippen LogP contribution in [0.3, 0.4) is 0 Å². The minimum Gasteiger partial charge on any atom is -0.378 e. The number of benzene rings is 1. The molecular weight excluding hydrogens is 284 g/mol. The van der Waals surface area contributed by atoms with Crippen molar-refractivity contribution in [3.63, 3.8) is 0 Å². The summed E-state index contributed by atoms with van der Waals surface area (Å²) in [5.74, 6) is 0. The average Bonchev–Trinajstić information content (AvgIpc) is 2.82. The van der Waals surface area contributed by atoms with Crippen LogP contribution in [-0.2, 0) is 0 Å². The van der Waals surface area contributed by atoms with Crippen LogP contribution in [0.2, 0.25) is 0 Å². The van der Waals surface area contributed by atoms with Crippen LogP contribution in [0.1, 0.15) is 5.56 Å². The Kier molecular flexibility index (Phi) is 4.22. The fourth-order valence-corrected chi connectivity index (χ4v) is 2.60. The van der Waals surface area contributed by atoms with Gasteiger partial charge in [0.2, 0.25) is 0 Å². The molecule has 104 valence electrons. The molecule has 1 aromatic heterocycles. The highest BCUT2D eigenvalue weighted by Crippen LogP contribution is 2.12. The van der Waals surface area contributed by atoms with Crippen LogP contribution < -0.4 is 19.7 Å². The summed E-state index contributed by atoms with van der Waals surface area (Å²) in [7, 11) is 3.91. The van der Waals surface area contributed by atoms with Crippen molar-refractivity contribution in [2.24, 2.45) is 0 Å². The van der Waals surface area contributed by atoms with Crippen molar-refractivity contribution in [2.75, 3.05) is 19.0 Å². The maximum Gasteiger partial charge on any atom is 0.266 e. The first-order valence-electron chi connectivity index (χ1n) is 6.08. The van der Waals surface area contributed by atoms with Gasteiger partial charge < -0.3 is 9.88 Å². The zero-order valence-electron chi connectivity index (χ0n) is 11.5. The van der Waals surface area contributed by atoms with Gasteiger partial charge in [0.1, 0.15) is 16.8 Å². The van der Waals surface area contributed by atoms with E-state index in [-0.39, 0.29) is 11.1 Å². The SMILES string of the molecule is CN(C)c1ccc(/C=c2\sc(=C(C#N)C#N)[nH]c2=O)cc1. The van der Waals surface area contributed by atoms with Gasteiger partial charge in [0.05, 0.1) is 4.53 Å². The van der Waals surface area contributed by atoms with Crippen molar-refractivity contribution >= 4 is 28.7 Å². The zero-order chi connectivity index (χ0) is 15.4. The van der Waals surface area contributed by atoms with E-state index in [1.807, 2.05) is 43.3 Å². The van der Waals surface area contributed by atoms with Gasteiger partial charge in [-0.05, 0) is 23.8 Å². The lowest BCUT2D eigenvalue weighted by atomic mass is 10.2. The molecule has 1 N–H and O–H groups in total. The highest BCUT2D eigenvalue weighted by Gasteiger charge is 2.01. The molecule has 0 unspecified atom stereocenters. The first-order valence-corrected chi connectivity index (χ1v) is 6.89. The molecule has 0 spiro atoms. The second-order valence-electron chi connectivity index (χ2n) is 4.48. The summed E-state index contributed by atoms with van der Waals surface area (Å²) < 4.78 is 0.756. The normalized spacial score (nSPS) is 10.8. The standard InChI is InChI=1S/C15H12N4OS/c1-19(2)12-5-3-10(4-6-12)7-13-14(20)18-15(21-13)11(8-16)9-17/h3-7H,1-2H3,(H,18,20)/b13-7-. The number of aromatic amines is 1. The summed E-state index contributed by atoms with van der Waals surface area (Å²) in [4.78, 5) is 16.4. The minimum absolute atomic E-state index is 0.0836. The summed E-state index contributed by atoms with van der Waals surface area (Å²) in [6.45, 7) is 0. The largest absolute Gasteiger partial charge is 0.378 e. The Balaban J connectivity index is 2.53. The molecule has 0 fully saturated rings. The van der Waals surface area contributed by atoms with E-state index in [1.165, 1.54) is 0 Å². The van der Waals surface area contributed by atoms with E-state index in [4.69, 9.17) is 10.5 Å². The number of aromatic nitrogens is 1. The molecular formula is C15H12N4OS. The summed E-state index contributed by atoms with van der Waals surface area (Å²) in [6.07, 6.45) is 1.73. The van der Waals surface area contributed by atoms with Gasteiger partial charge >= 0.3 is 0 Å². The molecule has 6 heteroatoms. The molecule has 0 aliphatic heterocycles. The fourth-order valence-electron chi connectivity index (χ4n) is 1.70. The van der Waals surface area contributed by atoms with Crippen molar-refractivity contribution in [1.82, 2.24) is 4.98 Å². The maximum absolute atomic E-state index is 11.8. The zero-order valence-corrected chi connectivity index (χ0v) is 12.4. The minimum atomic E-state index is -0.297. The van der Waals surface area contributed by atoms with Crippen LogP contribution in [0, 0.1) is 22.7 Å². The molecule has 0 amide bonds. The van der Waals surface area contributed by atoms with E-state index >= 15 is 0 Å². The highest BCUT2D eigenvalue weighted by atomic mass is 32.1. The first kappa shape index (κ1) is 14.6. The summed E-state index contributed by atoms with van der Waals surface area (Å²) in [6, 6.07) is 11.3. The molecule has 21 heavy (non-hydrogen) atoms. The average molecular weight is 296 g/mol. The van der Waals surface area contributed by atoms with E-state index in [0.29, 0.717) is 9.20 Å². The van der Waals surface area contributed by atoms with Gasteiger partial charge in [0, 0.05) is 19.8 Å². The molecule has 0 saturated carbocycles. The van der Waals surface area contributed by atoms with Crippen LogP contribution >= 0.6 is 11.3 Å². The summed E-state index contributed by atoms with van der Waals surface area (Å²) in [5, 5.41) is 17.6. The van der Waals surface area contributed by atoms with Crippen LogP contribution in [-0.4, -0.2) is 19.1 Å². The third-order valence-corrected chi connectivity index (χ3v) is 3.85. The molecule has 0 aliphatic carbocycles. The van der Waals surface area contributed by atoms with Gasteiger partial charge in [-0.3, -0.25) is 4.79 Å². The van der Waals surface area contributed by atoms with Crippen molar-refractivity contribution in [3.05, 3.63) is 49.4 Å². The highest BCUT2D eigenvalue weighted by molar-refractivity contribution is 7.07. The fraction of sp³-hybridized carbons (Fsp3) is 0.133. The number of rotatable bonds is 2. The Morgan fingerprint density at radius 1 is 1.24 bits per heavy atom. The second kappa shape index (κ2) is 6.08. The smallest absolute Gasteiger partial charge is 0.266 e. The molecule has 5 nitrogen and oxygen atoms in total. The Hall–Kier alpha value is -2.83. The maximum atomic E-state index is 11.8. The van der Waals surface area contributed by atoms with Gasteiger partial charge in [-0.2, -0.15) is 10.5 Å². The monoisotopic (exact) mass is 296 g/mol. The van der Waals surface area contributed by atoms with Crippen LogP contribution in [0.15, 0.2) is 29.1 Å². The second-order valence-corrected chi connectivity index (χ2v) is 5.53. The van der Waals surface area contributed by atoms with E-state index in [1.54, 1.807) is 18.2 Å². The number of H-pyrrole nitrogens is 1. The van der Waals surface area contributed by atoms with Gasteiger partial charge in [0.15, 0.2) is 5.57 Å². The lowest BCUT2D eigenvalue weighted by Gasteiger charge is -2.11. The number of nitrogens with one attached hydrogen (secondary N) is 1. The Labute approximate surface area is 125 Å². The third kappa shape index (κ3) is 3.19. The quantitative estimate of drug-likeness (QED) is 0.876. The number of hydrogen-bond acceptors (Lipinski definition) is 5. The van der Waals surface area contributed by atoms with E-state index in [9.17, 15) is 4.79 Å². The number of anilines is 1. The van der Waals surface area contributed by atoms with Gasteiger partial charge in [-0.25, -0.2) is 0 Å². The Bertz CT molecular complexity index is 889. The molecule has 2 rings (SSSR count). The summed E-state index contributed by atoms with van der Waals surface area (Å²) in [5.41, 5.74) is 1.57. The van der Waals surface area contributed by atoms with Crippen LogP contribution in [0.4, 0.5) is 5.69 Å². The number of thiazole rings is 1. The topological polar surface area (TPSA) is 83.7 Å². The van der Waals surface area contributed by atoms with E-state index < -0.39 is 0 Å². The molecule has 0 radical (unpaired) electrons. The lowest BCUT2D eigenvalue weighted by molar-refractivity contribution is 1.13. The first-order chi connectivity index (χ1) is 10.0.